The Morgan fingerprint density at radius 3 is 2.24 bits per heavy atom. The number of ether oxygens (including phenoxy) is 2. The van der Waals surface area contributed by atoms with Crippen LogP contribution < -0.4 is 0 Å². The fraction of sp³-hybridized carbons (Fsp3) is 0.917. The lowest BCUT2D eigenvalue weighted by atomic mass is 9.33. The lowest BCUT2D eigenvalue weighted by Crippen LogP contribution is -2.69. The molecule has 0 amide bonds. The molecule has 46 heavy (non-hydrogen) atoms. The van der Waals surface area contributed by atoms with Gasteiger partial charge in [0.05, 0.1) is 29.8 Å². The van der Waals surface area contributed by atoms with Crippen LogP contribution in [-0.4, -0.2) is 96.8 Å². The Hall–Kier alpha value is -1.11. The van der Waals surface area contributed by atoms with Gasteiger partial charge in [-0.05, 0) is 97.7 Å². The molecule has 1 aliphatic heterocycles. The third kappa shape index (κ3) is 4.39. The standard InChI is InChI=1S/C36H58O10/c1-18-10-13-36(30(43)46-29-26(41)25(40)24(39)21(17-37)45-29)15-14-33(5)19(27(36)35(18,7)44)8-9-23-32(4)16-20(38)28(42)31(2,3)22(32)11-12-34(23,33)6/h8,18,20-29,37-42,44H,9-17H2,1-7H3/t18-,20-,21-,22?,23-,24-,25+,26-,27-,28+,29+,32+,33-,34-,35-,36+/m1/s1. The third-order valence-corrected chi connectivity index (χ3v) is 15.5. The molecule has 262 valence electrons. The number of rotatable bonds is 3. The first-order chi connectivity index (χ1) is 21.2. The van der Waals surface area contributed by atoms with Gasteiger partial charge in [0.2, 0.25) is 6.29 Å². The number of aliphatic hydroxyl groups excluding tert-OH is 6. The van der Waals surface area contributed by atoms with Gasteiger partial charge in [0.1, 0.15) is 24.4 Å². The molecule has 5 aliphatic carbocycles. The summed E-state index contributed by atoms with van der Waals surface area (Å²) in [4.78, 5) is 14.5. The van der Waals surface area contributed by atoms with Gasteiger partial charge < -0.3 is 45.2 Å². The van der Waals surface area contributed by atoms with Crippen LogP contribution in [0, 0.1) is 50.7 Å². The second-order valence-corrected chi connectivity index (χ2v) is 17.7. The molecule has 4 saturated carbocycles. The lowest BCUT2D eigenvalue weighted by Gasteiger charge is -2.72. The molecule has 10 nitrogen and oxygen atoms in total. The summed E-state index contributed by atoms with van der Waals surface area (Å²) in [5.41, 5.74) is -2.44. The van der Waals surface area contributed by atoms with Crippen molar-refractivity contribution in [1.29, 1.82) is 0 Å². The molecule has 6 aliphatic rings. The van der Waals surface area contributed by atoms with E-state index < -0.39 is 77.8 Å². The van der Waals surface area contributed by atoms with E-state index in [1.165, 1.54) is 0 Å². The van der Waals surface area contributed by atoms with E-state index >= 15 is 0 Å². The Kier molecular flexibility index (Phi) is 8.27. The van der Waals surface area contributed by atoms with Crippen molar-refractivity contribution < 1.29 is 50.0 Å². The highest BCUT2D eigenvalue weighted by atomic mass is 16.7. The quantitative estimate of drug-likeness (QED) is 0.177. The fourth-order valence-corrected chi connectivity index (χ4v) is 12.4. The van der Waals surface area contributed by atoms with Crippen molar-refractivity contribution in [3.05, 3.63) is 11.6 Å². The summed E-state index contributed by atoms with van der Waals surface area (Å²) in [5.74, 6) is -0.787. The molecule has 0 spiro atoms. The Bertz CT molecular complexity index is 1250. The molecule has 1 saturated heterocycles. The van der Waals surface area contributed by atoms with Crippen LogP contribution in [0.2, 0.25) is 0 Å². The van der Waals surface area contributed by atoms with Crippen molar-refractivity contribution in [2.75, 3.05) is 6.61 Å². The van der Waals surface area contributed by atoms with E-state index in [1.54, 1.807) is 0 Å². The van der Waals surface area contributed by atoms with Crippen molar-refractivity contribution in [2.45, 2.75) is 148 Å². The van der Waals surface area contributed by atoms with Crippen molar-refractivity contribution in [2.24, 2.45) is 50.7 Å². The maximum absolute atomic E-state index is 14.5. The number of aliphatic hydroxyl groups is 7. The largest absolute Gasteiger partial charge is 0.432 e. The smallest absolute Gasteiger partial charge is 0.315 e. The minimum Gasteiger partial charge on any atom is -0.432 e. The normalized spacial score (nSPS) is 56.4. The molecule has 10 heteroatoms. The van der Waals surface area contributed by atoms with Crippen LogP contribution in [0.5, 0.6) is 0 Å². The SMILES string of the molecule is C[C@@H]1CC[C@]2(C(=O)O[C@@H]3O[C@H](CO)[C@@H](O)[C@H](O)[C@H]3O)CC[C@]3(C)C(=CC[C@@H]4[C@@]5(C)C[C@@H](O)[C@H](O)C(C)(C)C5CC[C@]43C)[C@@H]2[C@]1(C)O. The maximum atomic E-state index is 14.5. The van der Waals surface area contributed by atoms with Gasteiger partial charge in [0, 0.05) is 5.92 Å². The van der Waals surface area contributed by atoms with Crippen LogP contribution in [-0.2, 0) is 14.3 Å². The van der Waals surface area contributed by atoms with E-state index in [2.05, 4.69) is 40.7 Å². The number of hydrogen-bond donors (Lipinski definition) is 7. The predicted molar refractivity (Wildman–Crippen MR) is 168 cm³/mol. The predicted octanol–water partition coefficient (Wildman–Crippen LogP) is 2.43. The van der Waals surface area contributed by atoms with Gasteiger partial charge in [0.25, 0.3) is 0 Å². The maximum Gasteiger partial charge on any atom is 0.315 e. The minimum atomic E-state index is -1.70. The van der Waals surface area contributed by atoms with E-state index in [0.29, 0.717) is 32.1 Å². The van der Waals surface area contributed by atoms with E-state index in [-0.39, 0.29) is 34.0 Å². The Labute approximate surface area is 273 Å². The molecule has 1 heterocycles. The van der Waals surface area contributed by atoms with Crippen molar-refractivity contribution >= 4 is 5.97 Å². The highest BCUT2D eigenvalue weighted by Crippen LogP contribution is 2.76. The topological polar surface area (TPSA) is 177 Å². The molecule has 7 N–H and O–H groups in total. The van der Waals surface area contributed by atoms with Gasteiger partial charge >= 0.3 is 5.97 Å². The number of esters is 1. The fourth-order valence-electron chi connectivity index (χ4n) is 12.4. The van der Waals surface area contributed by atoms with Gasteiger partial charge in [-0.2, -0.15) is 0 Å². The second kappa shape index (κ2) is 10.9. The first-order valence-electron chi connectivity index (χ1n) is 17.5. The number of hydrogen-bond acceptors (Lipinski definition) is 10. The number of carbonyl (C=O) groups excluding carboxylic acids is 1. The summed E-state index contributed by atoms with van der Waals surface area (Å²) in [7, 11) is 0. The lowest BCUT2D eigenvalue weighted by molar-refractivity contribution is -0.299. The Balaban J connectivity index is 1.39. The summed E-state index contributed by atoms with van der Waals surface area (Å²) in [6.45, 7) is 14.4. The summed E-state index contributed by atoms with van der Waals surface area (Å²) >= 11 is 0. The van der Waals surface area contributed by atoms with Crippen molar-refractivity contribution in [3.8, 4) is 0 Å². The third-order valence-electron chi connectivity index (χ3n) is 15.5. The van der Waals surface area contributed by atoms with E-state index in [1.807, 2.05) is 13.8 Å². The molecule has 0 bridgehead atoms. The molecule has 0 radical (unpaired) electrons. The molecular weight excluding hydrogens is 592 g/mol. The second-order valence-electron chi connectivity index (χ2n) is 17.7. The van der Waals surface area contributed by atoms with Crippen LogP contribution >= 0.6 is 0 Å². The summed E-state index contributed by atoms with van der Waals surface area (Å²) < 4.78 is 11.5. The average Bonchev–Trinajstić information content (AvgIpc) is 2.98. The summed E-state index contributed by atoms with van der Waals surface area (Å²) in [5, 5.41) is 75.6. The number of allylic oxidation sites excluding steroid dienone is 1. The van der Waals surface area contributed by atoms with Crippen LogP contribution in [0.3, 0.4) is 0 Å². The zero-order valence-corrected chi connectivity index (χ0v) is 28.6. The monoisotopic (exact) mass is 650 g/mol. The zero-order valence-electron chi connectivity index (χ0n) is 28.6. The van der Waals surface area contributed by atoms with Gasteiger partial charge in [-0.15, -0.1) is 0 Å². The van der Waals surface area contributed by atoms with Crippen LogP contribution in [0.25, 0.3) is 0 Å². The van der Waals surface area contributed by atoms with Crippen LogP contribution in [0.4, 0.5) is 0 Å². The highest BCUT2D eigenvalue weighted by Gasteiger charge is 2.72. The highest BCUT2D eigenvalue weighted by molar-refractivity contribution is 5.79. The first-order valence-corrected chi connectivity index (χ1v) is 17.5. The zero-order chi connectivity index (χ0) is 34.0. The van der Waals surface area contributed by atoms with Gasteiger partial charge in [-0.25, -0.2) is 0 Å². The Morgan fingerprint density at radius 1 is 0.913 bits per heavy atom. The molecular formula is C36H58O10. The van der Waals surface area contributed by atoms with Gasteiger partial charge in [-0.3, -0.25) is 4.79 Å². The number of fused-ring (bicyclic) bond motifs is 7. The molecule has 5 fully saturated rings. The molecule has 1 unspecified atom stereocenters. The van der Waals surface area contributed by atoms with Gasteiger partial charge in [0.15, 0.2) is 0 Å². The summed E-state index contributed by atoms with van der Waals surface area (Å²) in [6, 6.07) is 0. The van der Waals surface area contributed by atoms with E-state index in [0.717, 1.165) is 24.8 Å². The van der Waals surface area contributed by atoms with Gasteiger partial charge in [-0.1, -0.05) is 53.2 Å². The summed E-state index contributed by atoms with van der Waals surface area (Å²) in [6.07, 6.45) is -1.65. The molecule has 16 atom stereocenters. The molecule has 6 rings (SSSR count). The van der Waals surface area contributed by atoms with Crippen LogP contribution in [0.1, 0.15) is 99.8 Å². The van der Waals surface area contributed by atoms with E-state index in [4.69, 9.17) is 9.47 Å². The van der Waals surface area contributed by atoms with Crippen molar-refractivity contribution in [1.82, 2.24) is 0 Å². The van der Waals surface area contributed by atoms with Crippen LogP contribution in [0.15, 0.2) is 11.6 Å². The Morgan fingerprint density at radius 2 is 1.59 bits per heavy atom. The van der Waals surface area contributed by atoms with Crippen molar-refractivity contribution in [3.63, 3.8) is 0 Å². The average molecular weight is 651 g/mol. The molecule has 0 aromatic heterocycles. The van der Waals surface area contributed by atoms with E-state index in [9.17, 15) is 40.5 Å². The molecule has 0 aromatic rings. The number of carbonyl (C=O) groups is 1. The minimum absolute atomic E-state index is 0.0940. The molecule has 0 aromatic carbocycles. The first kappa shape index (κ1) is 34.7.